The van der Waals surface area contributed by atoms with Crippen LogP contribution in [0.4, 0.5) is 0 Å². The molecule has 0 heterocycles. The Labute approximate surface area is 150 Å². The molecule has 0 fully saturated rings. The predicted octanol–water partition coefficient (Wildman–Crippen LogP) is 5.51. The first-order chi connectivity index (χ1) is 11.5. The smallest absolute Gasteiger partial charge is 0.325 e. The molecule has 0 bridgehead atoms. The molecule has 0 aliphatic carbocycles. The van der Waals surface area contributed by atoms with Crippen LogP contribution in [0.5, 0.6) is 0 Å². The van der Waals surface area contributed by atoms with Crippen molar-refractivity contribution in [1.29, 1.82) is 0 Å². The van der Waals surface area contributed by atoms with Crippen molar-refractivity contribution >= 4 is 5.97 Å². The maximum Gasteiger partial charge on any atom is 0.325 e. The van der Waals surface area contributed by atoms with Crippen LogP contribution in [-0.4, -0.2) is 28.2 Å². The molecule has 0 rings (SSSR count). The van der Waals surface area contributed by atoms with Gasteiger partial charge in [0.1, 0.15) is 5.54 Å². The van der Waals surface area contributed by atoms with E-state index in [0.717, 1.165) is 25.7 Å². The van der Waals surface area contributed by atoms with Gasteiger partial charge in [-0.25, -0.2) is 5.01 Å². The summed E-state index contributed by atoms with van der Waals surface area (Å²) in [5.74, 6) is 5.39. The fourth-order valence-corrected chi connectivity index (χ4v) is 3.45. The third-order valence-electron chi connectivity index (χ3n) is 5.18. The van der Waals surface area contributed by atoms with Crippen molar-refractivity contribution in [3.63, 3.8) is 0 Å². The van der Waals surface area contributed by atoms with E-state index in [2.05, 4.69) is 13.8 Å². The van der Waals surface area contributed by atoms with Crippen LogP contribution in [0.15, 0.2) is 0 Å². The SMILES string of the molecule is CCCCCCCCC(CCCCCCCC)(C(=O)O)N(N)CC. The van der Waals surface area contributed by atoms with Crippen LogP contribution in [0.3, 0.4) is 0 Å². The number of hydrogen-bond donors (Lipinski definition) is 2. The summed E-state index contributed by atoms with van der Waals surface area (Å²) in [6, 6.07) is 0. The molecule has 144 valence electrons. The van der Waals surface area contributed by atoms with E-state index < -0.39 is 11.5 Å². The highest BCUT2D eigenvalue weighted by molar-refractivity contribution is 5.78. The van der Waals surface area contributed by atoms with Crippen molar-refractivity contribution in [2.45, 2.75) is 116 Å². The molecule has 0 aromatic carbocycles. The fourth-order valence-electron chi connectivity index (χ4n) is 3.45. The van der Waals surface area contributed by atoms with Crippen molar-refractivity contribution in [3.8, 4) is 0 Å². The Kier molecular flexibility index (Phi) is 14.3. The molecule has 0 unspecified atom stereocenters. The lowest BCUT2D eigenvalue weighted by molar-refractivity contribution is -0.153. The van der Waals surface area contributed by atoms with Gasteiger partial charge in [0.05, 0.1) is 0 Å². The van der Waals surface area contributed by atoms with Gasteiger partial charge in [0.25, 0.3) is 0 Å². The minimum atomic E-state index is -0.871. The van der Waals surface area contributed by atoms with Gasteiger partial charge in [0.2, 0.25) is 0 Å². The maximum atomic E-state index is 12.0. The number of carboxylic acids is 1. The van der Waals surface area contributed by atoms with Gasteiger partial charge in [0.15, 0.2) is 0 Å². The van der Waals surface area contributed by atoms with E-state index in [9.17, 15) is 9.90 Å². The van der Waals surface area contributed by atoms with Crippen LogP contribution in [-0.2, 0) is 4.79 Å². The molecule has 3 N–H and O–H groups in total. The number of nitrogens with zero attached hydrogens (tertiary/aromatic N) is 1. The first-order valence-corrected chi connectivity index (χ1v) is 10.3. The zero-order valence-corrected chi connectivity index (χ0v) is 16.5. The Morgan fingerprint density at radius 1 is 0.792 bits per heavy atom. The van der Waals surface area contributed by atoms with Crippen molar-refractivity contribution in [3.05, 3.63) is 0 Å². The van der Waals surface area contributed by atoms with E-state index in [1.165, 1.54) is 51.4 Å². The molecule has 4 heteroatoms. The number of nitrogens with two attached hydrogens (primary N) is 1. The molecule has 0 saturated carbocycles. The van der Waals surface area contributed by atoms with Crippen LogP contribution >= 0.6 is 0 Å². The van der Waals surface area contributed by atoms with E-state index in [-0.39, 0.29) is 0 Å². The first kappa shape index (κ1) is 23.4. The molecule has 0 aliphatic heterocycles. The molecule has 0 radical (unpaired) electrons. The van der Waals surface area contributed by atoms with E-state index in [1.807, 2.05) is 6.92 Å². The standard InChI is InChI=1S/C20H42N2O2/c1-4-7-9-11-13-15-17-20(19(23)24,22(21)6-3)18-16-14-12-10-8-5-2/h4-18,21H2,1-3H3,(H,23,24). The quantitative estimate of drug-likeness (QED) is 0.208. The van der Waals surface area contributed by atoms with Gasteiger partial charge in [-0.05, 0) is 12.8 Å². The highest BCUT2D eigenvalue weighted by Crippen LogP contribution is 2.28. The summed E-state index contributed by atoms with van der Waals surface area (Å²) >= 11 is 0. The van der Waals surface area contributed by atoms with E-state index in [0.29, 0.717) is 19.4 Å². The number of carboxylic acid groups (broad SMARTS) is 1. The Balaban J connectivity index is 4.44. The largest absolute Gasteiger partial charge is 0.480 e. The Morgan fingerprint density at radius 2 is 1.17 bits per heavy atom. The summed E-state index contributed by atoms with van der Waals surface area (Å²) in [7, 11) is 0. The van der Waals surface area contributed by atoms with Crippen molar-refractivity contribution in [1.82, 2.24) is 5.01 Å². The number of aliphatic carboxylic acids is 1. The van der Waals surface area contributed by atoms with Crippen LogP contribution in [0.1, 0.15) is 111 Å². The predicted molar refractivity (Wildman–Crippen MR) is 103 cm³/mol. The molecular formula is C20H42N2O2. The Bertz CT molecular complexity index is 292. The number of hydrazine groups is 1. The van der Waals surface area contributed by atoms with Gasteiger partial charge in [-0.3, -0.25) is 10.6 Å². The number of rotatable bonds is 17. The first-order valence-electron chi connectivity index (χ1n) is 10.3. The third kappa shape index (κ3) is 9.03. The summed E-state index contributed by atoms with van der Waals surface area (Å²) in [5, 5.41) is 11.5. The van der Waals surface area contributed by atoms with Gasteiger partial charge in [0, 0.05) is 6.54 Å². The number of carbonyl (C=O) groups is 1. The fraction of sp³-hybridized carbons (Fsp3) is 0.950. The Hall–Kier alpha value is -0.610. The van der Waals surface area contributed by atoms with E-state index >= 15 is 0 Å². The topological polar surface area (TPSA) is 66.6 Å². The minimum Gasteiger partial charge on any atom is -0.480 e. The summed E-state index contributed by atoms with van der Waals surface area (Å²) in [5.41, 5.74) is -0.871. The zero-order chi connectivity index (χ0) is 18.3. The van der Waals surface area contributed by atoms with Crippen LogP contribution in [0, 0.1) is 0 Å². The van der Waals surface area contributed by atoms with Crippen LogP contribution in [0.25, 0.3) is 0 Å². The summed E-state index contributed by atoms with van der Waals surface area (Å²) in [4.78, 5) is 12.0. The molecule has 0 aromatic rings. The molecule has 0 amide bonds. The molecule has 0 aliphatic rings. The van der Waals surface area contributed by atoms with Crippen molar-refractivity contribution in [2.75, 3.05) is 6.54 Å². The second kappa shape index (κ2) is 14.7. The summed E-state index contributed by atoms with van der Waals surface area (Å²) in [6.45, 7) is 6.95. The van der Waals surface area contributed by atoms with Crippen LogP contribution < -0.4 is 5.84 Å². The Morgan fingerprint density at radius 3 is 1.50 bits per heavy atom. The number of likely N-dealkylation sites (N-methyl/N-ethyl adjacent to an activating group) is 1. The minimum absolute atomic E-state index is 0.581. The monoisotopic (exact) mass is 342 g/mol. The lowest BCUT2D eigenvalue weighted by Gasteiger charge is -2.37. The van der Waals surface area contributed by atoms with Crippen molar-refractivity contribution < 1.29 is 9.90 Å². The van der Waals surface area contributed by atoms with Crippen molar-refractivity contribution in [2.24, 2.45) is 5.84 Å². The average Bonchev–Trinajstić information content (AvgIpc) is 2.58. The second-order valence-corrected chi connectivity index (χ2v) is 7.16. The lowest BCUT2D eigenvalue weighted by atomic mass is 9.85. The van der Waals surface area contributed by atoms with Gasteiger partial charge in [-0.15, -0.1) is 0 Å². The molecule has 0 saturated heterocycles. The van der Waals surface area contributed by atoms with E-state index in [4.69, 9.17) is 5.84 Å². The molecular weight excluding hydrogens is 300 g/mol. The normalized spacial score (nSPS) is 12.0. The summed E-state index contributed by atoms with van der Waals surface area (Å²) < 4.78 is 0. The molecule has 0 aromatic heterocycles. The van der Waals surface area contributed by atoms with Gasteiger partial charge in [-0.1, -0.05) is 97.8 Å². The third-order valence-corrected chi connectivity index (χ3v) is 5.18. The molecule has 0 spiro atoms. The maximum absolute atomic E-state index is 12.0. The zero-order valence-electron chi connectivity index (χ0n) is 16.5. The van der Waals surface area contributed by atoms with Crippen LogP contribution in [0.2, 0.25) is 0 Å². The average molecular weight is 343 g/mol. The number of unbranched alkanes of at least 4 members (excludes halogenated alkanes) is 10. The van der Waals surface area contributed by atoms with Gasteiger partial charge < -0.3 is 5.11 Å². The molecule has 24 heavy (non-hydrogen) atoms. The highest BCUT2D eigenvalue weighted by Gasteiger charge is 2.41. The van der Waals surface area contributed by atoms with Gasteiger partial charge >= 0.3 is 5.97 Å². The van der Waals surface area contributed by atoms with Gasteiger partial charge in [-0.2, -0.15) is 0 Å². The summed E-state index contributed by atoms with van der Waals surface area (Å²) in [6.07, 6.45) is 15.5. The lowest BCUT2D eigenvalue weighted by Crippen LogP contribution is -2.58. The second-order valence-electron chi connectivity index (χ2n) is 7.16. The molecule has 4 nitrogen and oxygen atoms in total. The molecule has 0 atom stereocenters. The number of hydrogen-bond acceptors (Lipinski definition) is 3. The van der Waals surface area contributed by atoms with E-state index in [1.54, 1.807) is 5.01 Å². The highest BCUT2D eigenvalue weighted by atomic mass is 16.4.